The standard InChI is InChI=1S/C40H56N14O24P4/c1-5-7-69-9-18-19(73-37(27(18)56)54-16-51(3)25-35(54)49-40(43)50-36(25)59)10-71-80(62,63)77-82(66,67)78-81(64,65)72-12-21-30(31(68-4)39(75-21)52-15-47-24-32(42)44-13-45-33(24)52)76-79(60,61)70-11-20-28(57)29(58)38(74-20)53-14-46-23-26(55)17(6-2)8-22(41)48-34(23)53/h5,13-21,27-31,37-39,56-58H,1,6-12H2,2-4H3,(H10-,41,42,43,44,45,48,49,50,55,59,60,61,62,63,64,65,66,67)/p+1/t17?,18-,19-,20-,21-,27-,28-,29-,30-,31-,37?,38-,39-/m1/s1. The predicted molar refractivity (Wildman–Crippen MR) is 271 cm³/mol. The Hall–Kier alpha value is -5.21. The van der Waals surface area contributed by atoms with Gasteiger partial charge in [-0.05, 0) is 6.42 Å². The lowest BCUT2D eigenvalue weighted by atomic mass is 9.95. The molecule has 4 aliphatic heterocycles. The van der Waals surface area contributed by atoms with Crippen LogP contribution in [0.3, 0.4) is 0 Å². The van der Waals surface area contributed by atoms with Crippen molar-refractivity contribution in [1.29, 1.82) is 0 Å². The normalized spacial score (nSPS) is 30.6. The number of rotatable bonds is 24. The molecule has 5 aromatic heterocycles. The number of aliphatic imine (C=N–C) groups is 1. The van der Waals surface area contributed by atoms with Crippen molar-refractivity contribution in [3.05, 3.63) is 54.0 Å². The lowest BCUT2D eigenvalue weighted by molar-refractivity contribution is -0.646. The average Bonchev–Trinajstić information content (AvgIpc) is 3.56. The molecule has 6 unspecified atom stereocenters. The van der Waals surface area contributed by atoms with E-state index in [2.05, 4.69) is 50.1 Å². The predicted octanol–water partition coefficient (Wildman–Crippen LogP) is -1.47. The second-order valence-electron chi connectivity index (χ2n) is 18.8. The van der Waals surface area contributed by atoms with E-state index >= 15 is 0 Å². The molecular formula is C40H57N14O24P4+. The third kappa shape index (κ3) is 12.7. The number of aromatic amines is 1. The van der Waals surface area contributed by atoms with Gasteiger partial charge in [0.15, 0.2) is 41.2 Å². The van der Waals surface area contributed by atoms with Crippen LogP contribution in [0.1, 0.15) is 48.9 Å². The topological polar surface area (TPSA) is 535 Å². The molecule has 14 N–H and O–H groups in total. The molecule has 42 heteroatoms. The molecule has 3 saturated heterocycles. The van der Waals surface area contributed by atoms with Gasteiger partial charge in [-0.1, -0.05) is 13.0 Å². The smallest absolute Gasteiger partial charge is 0.387 e. The van der Waals surface area contributed by atoms with Crippen molar-refractivity contribution in [3.63, 3.8) is 0 Å². The Morgan fingerprint density at radius 3 is 2.10 bits per heavy atom. The van der Waals surface area contributed by atoms with Crippen LogP contribution in [0.25, 0.3) is 22.3 Å². The minimum Gasteiger partial charge on any atom is -0.387 e. The maximum Gasteiger partial charge on any atom is 0.490 e. The van der Waals surface area contributed by atoms with Gasteiger partial charge in [0, 0.05) is 25.4 Å². The molecular weight excluding hydrogens is 1180 g/mol. The summed E-state index contributed by atoms with van der Waals surface area (Å²) < 4.78 is 117. The van der Waals surface area contributed by atoms with Crippen molar-refractivity contribution in [2.24, 2.45) is 29.6 Å². The van der Waals surface area contributed by atoms with E-state index in [1.165, 1.54) is 33.2 Å². The Labute approximate surface area is 460 Å². The number of Topliss-reactive ketones (excluding diaryl/α,β-unsaturated/α-hetero) is 1. The number of fused-ring (bicyclic) bond motifs is 3. The minimum atomic E-state index is -6.20. The molecule has 0 aromatic carbocycles. The molecule has 82 heavy (non-hydrogen) atoms. The maximum atomic E-state index is 13.8. The number of nitrogens with one attached hydrogen (secondary N) is 1. The average molecular weight is 1240 g/mol. The molecule has 0 radical (unpaired) electrons. The van der Waals surface area contributed by atoms with Gasteiger partial charge < -0.3 is 75.8 Å². The number of H-pyrrole nitrogens is 1. The molecule has 3 fully saturated rings. The molecule has 9 rings (SSSR count). The van der Waals surface area contributed by atoms with Gasteiger partial charge in [-0.2, -0.15) is 18.2 Å². The molecule has 17 atom stereocenters. The number of nitrogen functional groups attached to an aromatic ring is 2. The SMILES string of the molecule is C=CCOC[C@@H]1[C@@H](COP(=O)(O)OP(=O)(O)OP(=O)(O)OC[C@H]2O[C@@H](n3cnc4c(N)ncnc43)[C@H](OC)[C@@H]2OP(=O)(O)OC[C@H]2O[C@@H](n3cnc4c3N=C(N)CC(CC)C4=O)[C@H](O)[C@@H]2O)OC(n2c[n+](C)c3c(=O)[nH]c(N)nc32)[C@@H]1O. The van der Waals surface area contributed by atoms with Gasteiger partial charge in [-0.25, -0.2) is 47.8 Å². The monoisotopic (exact) mass is 1240 g/mol. The Bertz CT molecular complexity index is 3510. The Kier molecular flexibility index (Phi) is 18.0. The third-order valence-corrected chi connectivity index (χ3v) is 18.6. The second-order valence-corrected chi connectivity index (χ2v) is 24.8. The molecule has 4 aliphatic rings. The van der Waals surface area contributed by atoms with E-state index in [-0.39, 0.29) is 76.9 Å². The van der Waals surface area contributed by atoms with Crippen molar-refractivity contribution in [3.8, 4) is 0 Å². The fourth-order valence-electron chi connectivity index (χ4n) is 9.62. The van der Waals surface area contributed by atoms with Gasteiger partial charge in [0.05, 0.1) is 58.8 Å². The summed E-state index contributed by atoms with van der Waals surface area (Å²) in [5.74, 6) is -2.30. The first-order valence-corrected chi connectivity index (χ1v) is 30.3. The van der Waals surface area contributed by atoms with E-state index < -0.39 is 136 Å². The lowest BCUT2D eigenvalue weighted by Crippen LogP contribution is -2.38. The summed E-state index contributed by atoms with van der Waals surface area (Å²) in [6.07, 6.45) is -10.9. The summed E-state index contributed by atoms with van der Waals surface area (Å²) in [5, 5.41) is 33.5. The highest BCUT2D eigenvalue weighted by molar-refractivity contribution is 7.66. The number of imidazole rings is 3. The Morgan fingerprint density at radius 2 is 1.41 bits per heavy atom. The largest absolute Gasteiger partial charge is 0.490 e. The number of ketones is 1. The summed E-state index contributed by atoms with van der Waals surface area (Å²) in [6, 6.07) is 0. The number of phosphoric ester groups is 3. The fourth-order valence-corrected chi connectivity index (χ4v) is 14.1. The first-order valence-electron chi connectivity index (χ1n) is 24.4. The number of nitrogens with two attached hydrogens (primary N) is 3. The number of carbonyl (C=O) groups excluding carboxylic acids is 1. The molecule has 0 spiro atoms. The number of methoxy groups -OCH3 is 1. The zero-order valence-corrected chi connectivity index (χ0v) is 46.7. The minimum absolute atomic E-state index is 0.0168. The number of amidine groups is 1. The molecule has 450 valence electrons. The third-order valence-electron chi connectivity index (χ3n) is 13.4. The highest BCUT2D eigenvalue weighted by Crippen LogP contribution is 2.68. The molecule has 38 nitrogen and oxygen atoms in total. The number of phosphoric acid groups is 4. The molecule has 0 aliphatic carbocycles. The summed E-state index contributed by atoms with van der Waals surface area (Å²) in [7, 11) is -20.9. The summed E-state index contributed by atoms with van der Waals surface area (Å²) in [6.45, 7) is 1.83. The van der Waals surface area contributed by atoms with Crippen molar-refractivity contribution in [2.75, 3.05) is 51.6 Å². The zero-order valence-electron chi connectivity index (χ0n) is 43.1. The first kappa shape index (κ1) is 61.4. The van der Waals surface area contributed by atoms with E-state index in [1.807, 2.05) is 0 Å². The van der Waals surface area contributed by atoms with E-state index in [1.54, 1.807) is 6.92 Å². The molecule has 0 saturated carbocycles. The van der Waals surface area contributed by atoms with E-state index in [0.29, 0.717) is 6.42 Å². The maximum absolute atomic E-state index is 13.8. The Balaban J connectivity index is 0.872. The number of hydrogen-bond donors (Lipinski definition) is 11. The number of aromatic nitrogens is 10. The van der Waals surface area contributed by atoms with E-state index in [9.17, 15) is 62.7 Å². The van der Waals surface area contributed by atoms with Gasteiger partial charge in [0.2, 0.25) is 18.5 Å². The summed E-state index contributed by atoms with van der Waals surface area (Å²) in [5.41, 5.74) is 17.2. The van der Waals surface area contributed by atoms with Crippen LogP contribution in [-0.4, -0.2) is 179 Å². The van der Waals surface area contributed by atoms with Gasteiger partial charge in [0.25, 0.3) is 11.2 Å². The van der Waals surface area contributed by atoms with Gasteiger partial charge in [-0.15, -0.1) is 6.58 Å². The van der Waals surface area contributed by atoms with Crippen molar-refractivity contribution < 1.29 is 113 Å². The number of aliphatic hydroxyl groups is 3. The van der Waals surface area contributed by atoms with Crippen LogP contribution in [0, 0.1) is 11.8 Å². The highest BCUT2D eigenvalue weighted by atomic mass is 31.3. The van der Waals surface area contributed by atoms with Gasteiger partial charge >= 0.3 is 36.9 Å². The molecule has 5 aromatic rings. The number of nitrogens with zero attached hydrogens (tertiary/aromatic N) is 10. The zero-order chi connectivity index (χ0) is 59.4. The number of aryl methyl sites for hydroxylation is 1. The van der Waals surface area contributed by atoms with Crippen LogP contribution >= 0.6 is 31.3 Å². The van der Waals surface area contributed by atoms with Crippen LogP contribution in [0.15, 0.2) is 47.8 Å². The highest BCUT2D eigenvalue weighted by Gasteiger charge is 2.54. The van der Waals surface area contributed by atoms with Crippen molar-refractivity contribution in [1.82, 2.24) is 43.6 Å². The second kappa shape index (κ2) is 24.0. The van der Waals surface area contributed by atoms with E-state index in [0.717, 1.165) is 30.7 Å². The van der Waals surface area contributed by atoms with Crippen LogP contribution in [0.4, 0.5) is 17.6 Å². The number of ether oxygens (including phenoxy) is 5. The first-order chi connectivity index (χ1) is 38.7. The van der Waals surface area contributed by atoms with Crippen LogP contribution in [0.5, 0.6) is 0 Å². The molecule has 0 amide bonds. The number of aliphatic hydroxyl groups excluding tert-OH is 3. The summed E-state index contributed by atoms with van der Waals surface area (Å²) in [4.78, 5) is 96.0. The van der Waals surface area contributed by atoms with Gasteiger partial charge in [-0.3, -0.25) is 41.8 Å². The molecule has 9 heterocycles. The van der Waals surface area contributed by atoms with Crippen LogP contribution < -0.4 is 27.3 Å². The van der Waals surface area contributed by atoms with Crippen LogP contribution in [0.2, 0.25) is 0 Å². The van der Waals surface area contributed by atoms with Crippen molar-refractivity contribution >= 4 is 82.8 Å². The quantitative estimate of drug-likeness (QED) is 0.0145. The van der Waals surface area contributed by atoms with Crippen molar-refractivity contribution in [2.45, 2.75) is 87.3 Å². The number of carbonyl (C=O) groups is 1. The number of anilines is 2. The van der Waals surface area contributed by atoms with Gasteiger partial charge in [0.1, 0.15) is 60.4 Å². The summed E-state index contributed by atoms with van der Waals surface area (Å²) >= 11 is 0. The van der Waals surface area contributed by atoms with Crippen LogP contribution in [-0.2, 0) is 75.7 Å². The lowest BCUT2D eigenvalue weighted by Gasteiger charge is -2.26. The number of hydrogen-bond acceptors (Lipinski definition) is 29. The molecule has 0 bridgehead atoms. The van der Waals surface area contributed by atoms with E-state index in [4.69, 9.17) is 59.0 Å². The fraction of sp³-hybridized carbons (Fsp3) is 0.575. The Morgan fingerprint density at radius 1 is 0.780 bits per heavy atom.